The van der Waals surface area contributed by atoms with Crippen LogP contribution in [-0.2, 0) is 14.4 Å². The van der Waals surface area contributed by atoms with E-state index in [0.29, 0.717) is 6.42 Å². The maximum atomic E-state index is 12.8. The number of hydrogen-bond acceptors (Lipinski definition) is 3. The standard InChI is InChI=1S/C22H36N2O4/c25-20(15-7-5-6-8-15)23-17-13-11-16(12-14-17)21(26)24-19-10-4-2-1-3-9-18(19)22(27)28/h15-19H,1-14H2,(H,23,25)(H,24,26)(H,27,28). The van der Waals surface area contributed by atoms with Gasteiger partial charge in [0, 0.05) is 23.9 Å². The van der Waals surface area contributed by atoms with Crippen LogP contribution in [0.4, 0.5) is 0 Å². The quantitative estimate of drug-likeness (QED) is 0.668. The Labute approximate surface area is 168 Å². The number of carbonyl (C=O) groups is 3. The van der Waals surface area contributed by atoms with Gasteiger partial charge in [-0.3, -0.25) is 14.4 Å². The van der Waals surface area contributed by atoms with E-state index in [9.17, 15) is 19.5 Å². The van der Waals surface area contributed by atoms with E-state index in [-0.39, 0.29) is 35.7 Å². The molecular weight excluding hydrogens is 356 g/mol. The van der Waals surface area contributed by atoms with Crippen LogP contribution in [0.25, 0.3) is 0 Å². The zero-order valence-corrected chi connectivity index (χ0v) is 17.0. The van der Waals surface area contributed by atoms with Crippen LogP contribution in [-0.4, -0.2) is 35.0 Å². The number of carbonyl (C=O) groups excluding carboxylic acids is 2. The molecule has 3 saturated carbocycles. The Morgan fingerprint density at radius 1 is 0.607 bits per heavy atom. The predicted molar refractivity (Wildman–Crippen MR) is 107 cm³/mol. The Kier molecular flexibility index (Phi) is 7.74. The lowest BCUT2D eigenvalue weighted by Gasteiger charge is -2.32. The molecule has 158 valence electrons. The van der Waals surface area contributed by atoms with E-state index < -0.39 is 11.9 Å². The summed E-state index contributed by atoms with van der Waals surface area (Å²) in [6.07, 6.45) is 13.1. The topological polar surface area (TPSA) is 95.5 Å². The van der Waals surface area contributed by atoms with Gasteiger partial charge in [0.25, 0.3) is 0 Å². The summed E-state index contributed by atoms with van der Waals surface area (Å²) in [6.45, 7) is 0. The van der Waals surface area contributed by atoms with Crippen molar-refractivity contribution < 1.29 is 19.5 Å². The molecule has 3 aliphatic carbocycles. The minimum absolute atomic E-state index is 0.0115. The Morgan fingerprint density at radius 3 is 1.79 bits per heavy atom. The first-order valence-corrected chi connectivity index (χ1v) is 11.4. The second-order valence-corrected chi connectivity index (χ2v) is 9.09. The Hall–Kier alpha value is -1.59. The van der Waals surface area contributed by atoms with Gasteiger partial charge in [0.15, 0.2) is 0 Å². The van der Waals surface area contributed by atoms with Crippen molar-refractivity contribution in [1.82, 2.24) is 10.6 Å². The molecule has 0 bridgehead atoms. The first-order chi connectivity index (χ1) is 13.5. The van der Waals surface area contributed by atoms with Crippen molar-refractivity contribution in [2.75, 3.05) is 0 Å². The SMILES string of the molecule is O=C(NC1CCC(C(=O)NC2CCCCCCC2C(=O)O)CC1)C1CCCC1. The fourth-order valence-electron chi connectivity index (χ4n) is 5.26. The molecule has 0 aromatic heterocycles. The molecule has 6 heteroatoms. The van der Waals surface area contributed by atoms with Gasteiger partial charge in [-0.1, -0.05) is 38.5 Å². The van der Waals surface area contributed by atoms with E-state index >= 15 is 0 Å². The van der Waals surface area contributed by atoms with Crippen LogP contribution in [0.15, 0.2) is 0 Å². The molecule has 6 nitrogen and oxygen atoms in total. The third-order valence-electron chi connectivity index (χ3n) is 7.08. The van der Waals surface area contributed by atoms with Crippen molar-refractivity contribution >= 4 is 17.8 Å². The summed E-state index contributed by atoms with van der Waals surface area (Å²) < 4.78 is 0. The van der Waals surface area contributed by atoms with Crippen molar-refractivity contribution in [1.29, 1.82) is 0 Å². The molecule has 3 N–H and O–H groups in total. The van der Waals surface area contributed by atoms with Crippen molar-refractivity contribution in [3.63, 3.8) is 0 Å². The lowest BCUT2D eigenvalue weighted by molar-refractivity contribution is -0.143. The van der Waals surface area contributed by atoms with E-state index in [4.69, 9.17) is 0 Å². The molecule has 0 spiro atoms. The largest absolute Gasteiger partial charge is 0.481 e. The van der Waals surface area contributed by atoms with Crippen molar-refractivity contribution in [2.24, 2.45) is 17.8 Å². The van der Waals surface area contributed by atoms with Gasteiger partial charge in [-0.15, -0.1) is 0 Å². The zero-order chi connectivity index (χ0) is 19.9. The van der Waals surface area contributed by atoms with Crippen LogP contribution < -0.4 is 10.6 Å². The number of hydrogen-bond donors (Lipinski definition) is 3. The fourth-order valence-corrected chi connectivity index (χ4v) is 5.26. The highest BCUT2D eigenvalue weighted by atomic mass is 16.4. The van der Waals surface area contributed by atoms with E-state index in [1.807, 2.05) is 0 Å². The van der Waals surface area contributed by atoms with E-state index in [1.165, 1.54) is 0 Å². The summed E-state index contributed by atoms with van der Waals surface area (Å²) >= 11 is 0. The third-order valence-corrected chi connectivity index (χ3v) is 7.08. The van der Waals surface area contributed by atoms with Gasteiger partial charge < -0.3 is 15.7 Å². The normalized spacial score (nSPS) is 32.1. The van der Waals surface area contributed by atoms with Gasteiger partial charge in [-0.25, -0.2) is 0 Å². The molecule has 0 aromatic carbocycles. The smallest absolute Gasteiger partial charge is 0.308 e. The van der Waals surface area contributed by atoms with E-state index in [2.05, 4.69) is 10.6 Å². The summed E-state index contributed by atoms with van der Waals surface area (Å²) in [5.74, 6) is -0.911. The average Bonchev–Trinajstić information content (AvgIpc) is 3.19. The minimum Gasteiger partial charge on any atom is -0.481 e. The fraction of sp³-hybridized carbons (Fsp3) is 0.864. The number of rotatable bonds is 5. The summed E-state index contributed by atoms with van der Waals surface area (Å²) in [7, 11) is 0. The number of aliphatic carboxylic acids is 1. The van der Waals surface area contributed by atoms with Crippen LogP contribution in [0.1, 0.15) is 89.9 Å². The van der Waals surface area contributed by atoms with Gasteiger partial charge >= 0.3 is 5.97 Å². The molecule has 3 fully saturated rings. The number of carboxylic acids is 1. The molecule has 0 aliphatic heterocycles. The van der Waals surface area contributed by atoms with Crippen LogP contribution in [0.3, 0.4) is 0 Å². The Morgan fingerprint density at radius 2 is 1.14 bits per heavy atom. The molecule has 0 aromatic rings. The highest BCUT2D eigenvalue weighted by Gasteiger charge is 2.34. The summed E-state index contributed by atoms with van der Waals surface area (Å²) in [5.41, 5.74) is 0. The van der Waals surface area contributed by atoms with Gasteiger partial charge in [0.05, 0.1) is 5.92 Å². The predicted octanol–water partition coefficient (Wildman–Crippen LogP) is 3.39. The van der Waals surface area contributed by atoms with E-state index in [0.717, 1.165) is 83.5 Å². The third kappa shape index (κ3) is 5.71. The summed E-state index contributed by atoms with van der Waals surface area (Å²) in [4.78, 5) is 36.7. The molecule has 28 heavy (non-hydrogen) atoms. The lowest BCUT2D eigenvalue weighted by Crippen LogP contribution is -2.48. The number of carboxylic acid groups (broad SMARTS) is 1. The minimum atomic E-state index is -0.787. The molecule has 3 aliphatic rings. The summed E-state index contributed by atoms with van der Waals surface area (Å²) in [6, 6.07) is -0.0598. The summed E-state index contributed by atoms with van der Waals surface area (Å²) in [5, 5.41) is 15.8. The van der Waals surface area contributed by atoms with Crippen LogP contribution in [0.5, 0.6) is 0 Å². The van der Waals surface area contributed by atoms with Gasteiger partial charge in [-0.05, 0) is 51.4 Å². The molecule has 0 saturated heterocycles. The maximum Gasteiger partial charge on any atom is 0.308 e. The molecule has 2 unspecified atom stereocenters. The monoisotopic (exact) mass is 392 g/mol. The molecular formula is C22H36N2O4. The van der Waals surface area contributed by atoms with Crippen molar-refractivity contribution in [2.45, 2.75) is 102 Å². The highest BCUT2D eigenvalue weighted by molar-refractivity contribution is 5.81. The van der Waals surface area contributed by atoms with Gasteiger partial charge in [0.2, 0.25) is 11.8 Å². The van der Waals surface area contributed by atoms with Crippen molar-refractivity contribution in [3.05, 3.63) is 0 Å². The average molecular weight is 393 g/mol. The van der Waals surface area contributed by atoms with Crippen LogP contribution in [0.2, 0.25) is 0 Å². The Balaban J connectivity index is 1.45. The van der Waals surface area contributed by atoms with Crippen LogP contribution in [0, 0.1) is 17.8 Å². The first-order valence-electron chi connectivity index (χ1n) is 11.4. The Bertz CT molecular complexity index is 551. The maximum absolute atomic E-state index is 12.8. The second-order valence-electron chi connectivity index (χ2n) is 9.09. The van der Waals surface area contributed by atoms with E-state index in [1.54, 1.807) is 0 Å². The van der Waals surface area contributed by atoms with Gasteiger partial charge in [0.1, 0.15) is 0 Å². The highest BCUT2D eigenvalue weighted by Crippen LogP contribution is 2.29. The zero-order valence-electron chi connectivity index (χ0n) is 17.0. The lowest BCUT2D eigenvalue weighted by atomic mass is 9.83. The first kappa shape index (κ1) is 21.1. The number of amides is 2. The molecule has 2 atom stereocenters. The van der Waals surface area contributed by atoms with Crippen molar-refractivity contribution in [3.8, 4) is 0 Å². The number of nitrogens with one attached hydrogen (secondary N) is 2. The molecule has 0 heterocycles. The molecule has 3 rings (SSSR count). The second kappa shape index (κ2) is 10.3. The molecule has 0 radical (unpaired) electrons. The van der Waals surface area contributed by atoms with Gasteiger partial charge in [-0.2, -0.15) is 0 Å². The van der Waals surface area contributed by atoms with Crippen LogP contribution >= 0.6 is 0 Å². The molecule has 2 amide bonds.